The minimum Gasteiger partial charge on any atom is -0.357 e. The molecule has 114 valence electrons. The Kier molecular flexibility index (Phi) is 4.01. The van der Waals surface area contributed by atoms with E-state index < -0.39 is 6.04 Å². The number of hydrogen-bond acceptors (Lipinski definition) is 6. The third kappa shape index (κ3) is 2.77. The van der Waals surface area contributed by atoms with Gasteiger partial charge in [-0.1, -0.05) is 0 Å². The van der Waals surface area contributed by atoms with Gasteiger partial charge in [0, 0.05) is 25.4 Å². The Balaban J connectivity index is 1.91. The number of carbonyl (C=O) groups is 1. The lowest BCUT2D eigenvalue weighted by Gasteiger charge is -2.17. The molecule has 3 aromatic rings. The van der Waals surface area contributed by atoms with E-state index in [1.807, 2.05) is 12.3 Å². The number of nitrogens with one attached hydrogen (secondary N) is 3. The smallest absolute Gasteiger partial charge is 0.242 e. The molecule has 0 aliphatic rings. The first kappa shape index (κ1) is 14.5. The van der Waals surface area contributed by atoms with Crippen LogP contribution in [0.3, 0.4) is 0 Å². The molecule has 1 amide bonds. The predicted molar refractivity (Wildman–Crippen MR) is 85.9 cm³/mol. The number of hydrogen-bond donors (Lipinski definition) is 3. The number of thiophene rings is 1. The number of rotatable bonds is 5. The van der Waals surface area contributed by atoms with Gasteiger partial charge in [0.05, 0.1) is 11.7 Å². The fourth-order valence-corrected chi connectivity index (χ4v) is 3.18. The van der Waals surface area contributed by atoms with Crippen LogP contribution in [0.2, 0.25) is 0 Å². The van der Waals surface area contributed by atoms with Crippen LogP contribution in [0.1, 0.15) is 11.3 Å². The molecule has 0 aliphatic heterocycles. The van der Waals surface area contributed by atoms with E-state index in [2.05, 4.69) is 30.6 Å². The number of carbonyl (C=O) groups excluding carboxylic acids is 1. The molecule has 3 heterocycles. The Hall–Kier alpha value is -2.48. The first-order valence-corrected chi connectivity index (χ1v) is 7.71. The van der Waals surface area contributed by atoms with Gasteiger partial charge in [-0.2, -0.15) is 0 Å². The monoisotopic (exact) mass is 316 g/mol. The van der Waals surface area contributed by atoms with Gasteiger partial charge in [0.2, 0.25) is 5.91 Å². The number of imidazole rings is 1. The summed E-state index contributed by atoms with van der Waals surface area (Å²) in [6.07, 6.45) is 5.32. The van der Waals surface area contributed by atoms with E-state index in [0.29, 0.717) is 12.2 Å². The molecule has 0 radical (unpaired) electrons. The molecule has 7 nitrogen and oxygen atoms in total. The second kappa shape index (κ2) is 6.10. The van der Waals surface area contributed by atoms with Crippen molar-refractivity contribution < 1.29 is 4.79 Å². The Morgan fingerprint density at radius 3 is 3.05 bits per heavy atom. The molecular formula is C14H16N6OS. The van der Waals surface area contributed by atoms with Gasteiger partial charge in [0.15, 0.2) is 0 Å². The van der Waals surface area contributed by atoms with Gasteiger partial charge in [-0.15, -0.1) is 11.3 Å². The minimum atomic E-state index is -0.442. The zero-order valence-corrected chi connectivity index (χ0v) is 13.1. The lowest BCUT2D eigenvalue weighted by molar-refractivity contribution is -0.121. The number of amides is 1. The largest absolute Gasteiger partial charge is 0.357 e. The number of aromatic nitrogens is 4. The molecule has 0 saturated heterocycles. The summed E-state index contributed by atoms with van der Waals surface area (Å²) in [6, 6.07) is -0.442. The topological polar surface area (TPSA) is 95.6 Å². The van der Waals surface area contributed by atoms with Crippen LogP contribution < -0.4 is 10.6 Å². The van der Waals surface area contributed by atoms with Crippen molar-refractivity contribution in [1.29, 1.82) is 0 Å². The Bertz CT molecular complexity index is 782. The van der Waals surface area contributed by atoms with Crippen molar-refractivity contribution in [3.63, 3.8) is 0 Å². The molecule has 0 aliphatic carbocycles. The Morgan fingerprint density at radius 1 is 1.45 bits per heavy atom. The number of aromatic amines is 1. The van der Waals surface area contributed by atoms with Crippen LogP contribution >= 0.6 is 11.3 Å². The number of nitrogens with zero attached hydrogens (tertiary/aromatic N) is 3. The van der Waals surface area contributed by atoms with E-state index in [4.69, 9.17) is 0 Å². The van der Waals surface area contributed by atoms with Gasteiger partial charge in [-0.3, -0.25) is 4.79 Å². The first-order chi connectivity index (χ1) is 10.7. The van der Waals surface area contributed by atoms with Crippen LogP contribution in [0.4, 0.5) is 5.82 Å². The standard InChI is InChI=1S/C14H16N6OS/c1-8-5-22-14-11(8)12(18-7-19-14)20-10(13(21)15-2)3-9-4-16-6-17-9/h4-7,10H,3H2,1-2H3,(H,15,21)(H,16,17)(H,18,19,20)/t10-/m0/s1. The highest BCUT2D eigenvalue weighted by Crippen LogP contribution is 2.28. The third-order valence-electron chi connectivity index (χ3n) is 3.41. The Morgan fingerprint density at radius 2 is 2.32 bits per heavy atom. The number of H-pyrrole nitrogens is 1. The van der Waals surface area contributed by atoms with E-state index in [0.717, 1.165) is 21.5 Å². The molecule has 0 bridgehead atoms. The summed E-state index contributed by atoms with van der Waals surface area (Å²) in [4.78, 5) is 28.6. The molecule has 3 rings (SSSR count). The number of fused-ring (bicyclic) bond motifs is 1. The second-order valence-corrected chi connectivity index (χ2v) is 5.77. The van der Waals surface area contributed by atoms with Crippen LogP contribution in [-0.4, -0.2) is 38.9 Å². The Labute approximate surface area is 131 Å². The SMILES string of the molecule is CNC(=O)[C@H](Cc1cnc[nH]1)Nc1ncnc2scc(C)c12. The highest BCUT2D eigenvalue weighted by Gasteiger charge is 2.20. The van der Waals surface area contributed by atoms with Crippen LogP contribution in [0.5, 0.6) is 0 Å². The van der Waals surface area contributed by atoms with Crippen LogP contribution in [0, 0.1) is 6.92 Å². The summed E-state index contributed by atoms with van der Waals surface area (Å²) in [6.45, 7) is 2.01. The van der Waals surface area contributed by atoms with Crippen molar-refractivity contribution in [2.75, 3.05) is 12.4 Å². The molecule has 8 heteroatoms. The molecule has 0 saturated carbocycles. The fourth-order valence-electron chi connectivity index (χ4n) is 2.29. The first-order valence-electron chi connectivity index (χ1n) is 6.83. The molecule has 22 heavy (non-hydrogen) atoms. The summed E-state index contributed by atoms with van der Waals surface area (Å²) >= 11 is 1.57. The molecule has 1 atom stereocenters. The van der Waals surface area contributed by atoms with Crippen molar-refractivity contribution in [3.05, 3.63) is 35.5 Å². The molecular weight excluding hydrogens is 300 g/mol. The third-order valence-corrected chi connectivity index (χ3v) is 4.41. The van der Waals surface area contributed by atoms with Crippen LogP contribution in [0.25, 0.3) is 10.2 Å². The maximum absolute atomic E-state index is 12.2. The average Bonchev–Trinajstić information content (AvgIpc) is 3.16. The molecule has 0 fully saturated rings. The van der Waals surface area contributed by atoms with Gasteiger partial charge >= 0.3 is 0 Å². The zero-order chi connectivity index (χ0) is 15.5. The van der Waals surface area contributed by atoms with Crippen molar-refractivity contribution in [2.45, 2.75) is 19.4 Å². The lowest BCUT2D eigenvalue weighted by atomic mass is 10.1. The van der Waals surface area contributed by atoms with Gasteiger partial charge < -0.3 is 15.6 Å². The zero-order valence-electron chi connectivity index (χ0n) is 12.3. The number of anilines is 1. The van der Waals surface area contributed by atoms with Gasteiger partial charge in [0.25, 0.3) is 0 Å². The van der Waals surface area contributed by atoms with Crippen LogP contribution in [-0.2, 0) is 11.2 Å². The summed E-state index contributed by atoms with van der Waals surface area (Å²) in [5, 5.41) is 8.91. The highest BCUT2D eigenvalue weighted by atomic mass is 32.1. The molecule has 0 aromatic carbocycles. The quantitative estimate of drug-likeness (QED) is 0.663. The highest BCUT2D eigenvalue weighted by molar-refractivity contribution is 7.17. The average molecular weight is 316 g/mol. The maximum Gasteiger partial charge on any atom is 0.242 e. The molecule has 0 spiro atoms. The predicted octanol–water partition coefficient (Wildman–Crippen LogP) is 1.49. The molecule has 0 unspecified atom stereocenters. The van der Waals surface area contributed by atoms with Crippen molar-refractivity contribution >= 4 is 33.3 Å². The van der Waals surface area contributed by atoms with Gasteiger partial charge in [0.1, 0.15) is 23.0 Å². The summed E-state index contributed by atoms with van der Waals surface area (Å²) < 4.78 is 0. The summed E-state index contributed by atoms with van der Waals surface area (Å²) in [5.41, 5.74) is 1.98. The van der Waals surface area contributed by atoms with Crippen molar-refractivity contribution in [2.24, 2.45) is 0 Å². The van der Waals surface area contributed by atoms with E-state index in [9.17, 15) is 4.79 Å². The van der Waals surface area contributed by atoms with Gasteiger partial charge in [-0.25, -0.2) is 15.0 Å². The summed E-state index contributed by atoms with van der Waals surface area (Å²) in [7, 11) is 1.62. The van der Waals surface area contributed by atoms with Crippen molar-refractivity contribution in [3.8, 4) is 0 Å². The van der Waals surface area contributed by atoms with E-state index in [1.54, 1.807) is 30.9 Å². The van der Waals surface area contributed by atoms with Gasteiger partial charge in [-0.05, 0) is 17.9 Å². The minimum absolute atomic E-state index is 0.103. The maximum atomic E-state index is 12.2. The fraction of sp³-hybridized carbons (Fsp3) is 0.286. The molecule has 3 aromatic heterocycles. The second-order valence-electron chi connectivity index (χ2n) is 4.91. The van der Waals surface area contributed by atoms with E-state index in [1.165, 1.54) is 6.33 Å². The van der Waals surface area contributed by atoms with E-state index >= 15 is 0 Å². The van der Waals surface area contributed by atoms with E-state index in [-0.39, 0.29) is 5.91 Å². The van der Waals surface area contributed by atoms with Crippen LogP contribution in [0.15, 0.2) is 24.2 Å². The lowest BCUT2D eigenvalue weighted by Crippen LogP contribution is -2.39. The normalized spacial score (nSPS) is 12.3. The molecule has 3 N–H and O–H groups in total. The number of likely N-dealkylation sites (N-methyl/N-ethyl adjacent to an activating group) is 1. The van der Waals surface area contributed by atoms with Crippen molar-refractivity contribution in [1.82, 2.24) is 25.3 Å². The summed E-state index contributed by atoms with van der Waals surface area (Å²) in [5.74, 6) is 0.575. The number of aryl methyl sites for hydroxylation is 1.